The Labute approximate surface area is 119 Å². The molecule has 1 aromatic heterocycles. The minimum atomic E-state index is 0.00813. The van der Waals surface area contributed by atoms with Gasteiger partial charge in [-0.1, -0.05) is 0 Å². The van der Waals surface area contributed by atoms with Crippen molar-refractivity contribution in [3.05, 3.63) is 18.5 Å². The molecule has 2 amide bonds. The maximum Gasteiger partial charge on any atom is 0.317 e. The van der Waals surface area contributed by atoms with Gasteiger partial charge in [0.1, 0.15) is 0 Å². The first-order valence-electron chi connectivity index (χ1n) is 7.01. The van der Waals surface area contributed by atoms with E-state index >= 15 is 0 Å². The fraction of sp³-hybridized carbons (Fsp3) is 0.692. The van der Waals surface area contributed by atoms with E-state index in [9.17, 15) is 4.79 Å². The van der Waals surface area contributed by atoms with Gasteiger partial charge in [-0.15, -0.1) is 0 Å². The Morgan fingerprint density at radius 3 is 2.75 bits per heavy atom. The lowest BCUT2D eigenvalue weighted by atomic mass is 10.3. The number of piperazine rings is 1. The van der Waals surface area contributed by atoms with Crippen LogP contribution >= 0.6 is 0 Å². The molecule has 2 rings (SSSR count). The quantitative estimate of drug-likeness (QED) is 0.737. The van der Waals surface area contributed by atoms with E-state index in [1.807, 2.05) is 21.8 Å². The van der Waals surface area contributed by atoms with Gasteiger partial charge in [-0.3, -0.25) is 9.58 Å². The van der Waals surface area contributed by atoms with E-state index in [1.165, 1.54) is 0 Å². The molecule has 1 N–H and O–H groups in total. The van der Waals surface area contributed by atoms with Crippen molar-refractivity contribution in [2.24, 2.45) is 0 Å². The van der Waals surface area contributed by atoms with E-state index in [1.54, 1.807) is 13.3 Å². The number of hydrogen-bond donors (Lipinski definition) is 1. The molecule has 1 aromatic rings. The molecule has 20 heavy (non-hydrogen) atoms. The predicted octanol–water partition coefficient (Wildman–Crippen LogP) is -0.143. The SMILES string of the molecule is COCCNC(=O)N1CCN(CCn2cccn2)CC1. The maximum absolute atomic E-state index is 11.9. The molecule has 0 saturated carbocycles. The van der Waals surface area contributed by atoms with E-state index in [4.69, 9.17) is 4.74 Å². The molecule has 0 aromatic carbocycles. The van der Waals surface area contributed by atoms with Crippen molar-refractivity contribution >= 4 is 6.03 Å². The lowest BCUT2D eigenvalue weighted by Gasteiger charge is -2.34. The molecule has 2 heterocycles. The Kier molecular flexibility index (Phi) is 5.82. The number of carbonyl (C=O) groups is 1. The Balaban J connectivity index is 1.63. The van der Waals surface area contributed by atoms with Crippen molar-refractivity contribution in [3.8, 4) is 0 Å². The summed E-state index contributed by atoms with van der Waals surface area (Å²) in [6.07, 6.45) is 3.77. The minimum absolute atomic E-state index is 0.00813. The van der Waals surface area contributed by atoms with Gasteiger partial charge in [0.15, 0.2) is 0 Å². The highest BCUT2D eigenvalue weighted by molar-refractivity contribution is 5.74. The molecule has 7 heteroatoms. The van der Waals surface area contributed by atoms with Gasteiger partial charge in [-0.25, -0.2) is 4.79 Å². The second-order valence-corrected chi connectivity index (χ2v) is 4.82. The van der Waals surface area contributed by atoms with Gasteiger partial charge in [-0.2, -0.15) is 5.10 Å². The van der Waals surface area contributed by atoms with Crippen LogP contribution in [-0.2, 0) is 11.3 Å². The zero-order valence-electron chi connectivity index (χ0n) is 12.0. The topological polar surface area (TPSA) is 62.6 Å². The van der Waals surface area contributed by atoms with E-state index in [-0.39, 0.29) is 6.03 Å². The highest BCUT2D eigenvalue weighted by atomic mass is 16.5. The molecular formula is C13H23N5O2. The van der Waals surface area contributed by atoms with E-state index in [0.29, 0.717) is 13.2 Å². The van der Waals surface area contributed by atoms with Crippen molar-refractivity contribution in [2.75, 3.05) is 53.0 Å². The molecule has 0 spiro atoms. The minimum Gasteiger partial charge on any atom is -0.383 e. The summed E-state index contributed by atoms with van der Waals surface area (Å²) in [6.45, 7) is 6.37. The third-order valence-electron chi connectivity index (χ3n) is 3.45. The molecule has 1 fully saturated rings. The molecule has 1 aliphatic rings. The molecule has 0 atom stereocenters. The highest BCUT2D eigenvalue weighted by Crippen LogP contribution is 2.02. The zero-order chi connectivity index (χ0) is 14.2. The van der Waals surface area contributed by atoms with Crippen LogP contribution in [0.5, 0.6) is 0 Å². The number of ether oxygens (including phenoxy) is 1. The number of carbonyl (C=O) groups excluding carboxylic acids is 1. The maximum atomic E-state index is 11.9. The second-order valence-electron chi connectivity index (χ2n) is 4.82. The van der Waals surface area contributed by atoms with E-state index in [0.717, 1.165) is 39.3 Å². The second kappa shape index (κ2) is 7.86. The lowest BCUT2D eigenvalue weighted by Crippen LogP contribution is -2.52. The summed E-state index contributed by atoms with van der Waals surface area (Å²) in [5.74, 6) is 0. The number of amides is 2. The molecular weight excluding hydrogens is 258 g/mol. The summed E-state index contributed by atoms with van der Waals surface area (Å²) in [6, 6.07) is 1.94. The summed E-state index contributed by atoms with van der Waals surface area (Å²) < 4.78 is 6.85. The lowest BCUT2D eigenvalue weighted by molar-refractivity contribution is 0.133. The van der Waals surface area contributed by atoms with Crippen LogP contribution in [0, 0.1) is 0 Å². The number of aromatic nitrogens is 2. The Morgan fingerprint density at radius 2 is 2.10 bits per heavy atom. The summed E-state index contributed by atoms with van der Waals surface area (Å²) in [4.78, 5) is 16.1. The van der Waals surface area contributed by atoms with Crippen molar-refractivity contribution in [3.63, 3.8) is 0 Å². The number of methoxy groups -OCH3 is 1. The Morgan fingerprint density at radius 1 is 1.30 bits per heavy atom. The van der Waals surface area contributed by atoms with Crippen LogP contribution in [0.3, 0.4) is 0 Å². The molecule has 0 radical (unpaired) electrons. The molecule has 1 saturated heterocycles. The number of hydrogen-bond acceptors (Lipinski definition) is 4. The van der Waals surface area contributed by atoms with Gasteiger partial charge < -0.3 is 15.0 Å². The highest BCUT2D eigenvalue weighted by Gasteiger charge is 2.20. The molecule has 0 unspecified atom stereocenters. The molecule has 0 aliphatic carbocycles. The van der Waals surface area contributed by atoms with Crippen LogP contribution in [-0.4, -0.2) is 78.6 Å². The average Bonchev–Trinajstić information content (AvgIpc) is 2.99. The van der Waals surface area contributed by atoms with Crippen molar-refractivity contribution in [1.82, 2.24) is 24.9 Å². The van der Waals surface area contributed by atoms with Crippen molar-refractivity contribution in [2.45, 2.75) is 6.54 Å². The van der Waals surface area contributed by atoms with Crippen molar-refractivity contribution < 1.29 is 9.53 Å². The standard InChI is InChI=1S/C13H23N5O2/c1-20-12-4-14-13(19)17-9-6-16(7-10-17)8-11-18-5-2-3-15-18/h2-3,5H,4,6-12H2,1H3,(H,14,19). The van der Waals surface area contributed by atoms with Crippen LogP contribution in [0.15, 0.2) is 18.5 Å². The van der Waals surface area contributed by atoms with Gasteiger partial charge in [0.25, 0.3) is 0 Å². The Hall–Kier alpha value is -1.60. The van der Waals surface area contributed by atoms with E-state index in [2.05, 4.69) is 15.3 Å². The van der Waals surface area contributed by atoms with Crippen LogP contribution in [0.1, 0.15) is 0 Å². The predicted molar refractivity (Wildman–Crippen MR) is 75.5 cm³/mol. The van der Waals surface area contributed by atoms with Gasteiger partial charge in [0.05, 0.1) is 13.2 Å². The molecule has 1 aliphatic heterocycles. The molecule has 7 nitrogen and oxygen atoms in total. The number of urea groups is 1. The largest absolute Gasteiger partial charge is 0.383 e. The smallest absolute Gasteiger partial charge is 0.317 e. The van der Waals surface area contributed by atoms with Crippen LogP contribution in [0.25, 0.3) is 0 Å². The fourth-order valence-electron chi connectivity index (χ4n) is 2.22. The number of nitrogens with zero attached hydrogens (tertiary/aromatic N) is 4. The molecule has 112 valence electrons. The van der Waals surface area contributed by atoms with Gasteiger partial charge in [0, 0.05) is 58.8 Å². The van der Waals surface area contributed by atoms with Crippen molar-refractivity contribution in [1.29, 1.82) is 0 Å². The van der Waals surface area contributed by atoms with Gasteiger partial charge >= 0.3 is 6.03 Å². The summed E-state index contributed by atoms with van der Waals surface area (Å²) in [7, 11) is 1.63. The first-order chi connectivity index (χ1) is 9.79. The molecule has 0 bridgehead atoms. The Bertz CT molecular complexity index is 387. The van der Waals surface area contributed by atoms with Gasteiger partial charge in [-0.05, 0) is 6.07 Å². The normalized spacial score (nSPS) is 16.4. The van der Waals surface area contributed by atoms with Crippen LogP contribution < -0.4 is 5.32 Å². The monoisotopic (exact) mass is 281 g/mol. The van der Waals surface area contributed by atoms with Crippen LogP contribution in [0.2, 0.25) is 0 Å². The summed E-state index contributed by atoms with van der Waals surface area (Å²) in [5.41, 5.74) is 0. The third kappa shape index (κ3) is 4.50. The zero-order valence-corrected chi connectivity index (χ0v) is 12.0. The van der Waals surface area contributed by atoms with Crippen LogP contribution in [0.4, 0.5) is 4.79 Å². The first-order valence-corrected chi connectivity index (χ1v) is 7.01. The summed E-state index contributed by atoms with van der Waals surface area (Å²) >= 11 is 0. The first kappa shape index (κ1) is 14.8. The van der Waals surface area contributed by atoms with E-state index < -0.39 is 0 Å². The summed E-state index contributed by atoms with van der Waals surface area (Å²) in [5, 5.41) is 7.04. The van der Waals surface area contributed by atoms with Gasteiger partial charge in [0.2, 0.25) is 0 Å². The number of nitrogens with one attached hydrogen (secondary N) is 1. The number of rotatable bonds is 6. The average molecular weight is 281 g/mol. The fourth-order valence-corrected chi connectivity index (χ4v) is 2.22. The third-order valence-corrected chi connectivity index (χ3v) is 3.45.